The van der Waals surface area contributed by atoms with Crippen molar-refractivity contribution >= 4 is 0 Å². The van der Waals surface area contributed by atoms with Crippen LogP contribution in [0.3, 0.4) is 0 Å². The molecule has 0 aliphatic rings. The first-order chi connectivity index (χ1) is 8.61. The molecule has 0 radical (unpaired) electrons. The summed E-state index contributed by atoms with van der Waals surface area (Å²) in [6.07, 6.45) is 3.62. The van der Waals surface area contributed by atoms with Gasteiger partial charge in [0.2, 0.25) is 0 Å². The van der Waals surface area contributed by atoms with Crippen molar-refractivity contribution in [3.63, 3.8) is 0 Å². The van der Waals surface area contributed by atoms with Gasteiger partial charge in [0.15, 0.2) is 5.75 Å². The van der Waals surface area contributed by atoms with Crippen LogP contribution in [0.4, 0.5) is 0 Å². The van der Waals surface area contributed by atoms with Gasteiger partial charge in [0.05, 0.1) is 12.4 Å². The van der Waals surface area contributed by atoms with Gasteiger partial charge in [0.25, 0.3) is 0 Å². The Morgan fingerprint density at radius 3 is 2.78 bits per heavy atom. The molecule has 0 amide bonds. The zero-order chi connectivity index (χ0) is 13.1. The average Bonchev–Trinajstić information content (AvgIpc) is 2.78. The van der Waals surface area contributed by atoms with Crippen LogP contribution < -0.4 is 10.5 Å². The van der Waals surface area contributed by atoms with E-state index in [2.05, 4.69) is 18.9 Å². The van der Waals surface area contributed by atoms with Crippen LogP contribution in [0.15, 0.2) is 30.6 Å². The van der Waals surface area contributed by atoms with Gasteiger partial charge in [-0.25, -0.2) is 0 Å². The summed E-state index contributed by atoms with van der Waals surface area (Å²) >= 11 is 0. The summed E-state index contributed by atoms with van der Waals surface area (Å²) in [5, 5.41) is 4.25. The van der Waals surface area contributed by atoms with Gasteiger partial charge < -0.3 is 10.5 Å². The third-order valence-corrected chi connectivity index (χ3v) is 2.91. The Kier molecular flexibility index (Phi) is 3.67. The molecular weight excluding hydrogens is 226 g/mol. The van der Waals surface area contributed by atoms with Gasteiger partial charge in [-0.1, -0.05) is 12.1 Å². The molecule has 18 heavy (non-hydrogen) atoms. The average molecular weight is 245 g/mol. The van der Waals surface area contributed by atoms with Gasteiger partial charge >= 0.3 is 0 Å². The second-order valence-electron chi connectivity index (χ2n) is 4.61. The van der Waals surface area contributed by atoms with Crippen molar-refractivity contribution in [3.8, 4) is 11.5 Å². The van der Waals surface area contributed by atoms with Crippen molar-refractivity contribution in [3.05, 3.63) is 41.7 Å². The van der Waals surface area contributed by atoms with Crippen molar-refractivity contribution in [2.45, 2.75) is 33.4 Å². The minimum Gasteiger partial charge on any atom is -0.454 e. The third-order valence-electron chi connectivity index (χ3n) is 2.91. The summed E-state index contributed by atoms with van der Waals surface area (Å²) in [5.74, 6) is 1.55. The fourth-order valence-corrected chi connectivity index (χ4v) is 1.82. The summed E-state index contributed by atoms with van der Waals surface area (Å²) in [5.41, 5.74) is 7.94. The first-order valence-electron chi connectivity index (χ1n) is 6.12. The largest absolute Gasteiger partial charge is 0.454 e. The number of hydrogen-bond donors (Lipinski definition) is 1. The first kappa shape index (κ1) is 12.6. The molecule has 4 heteroatoms. The molecule has 2 N–H and O–H groups in total. The quantitative estimate of drug-likeness (QED) is 0.900. The zero-order valence-electron chi connectivity index (χ0n) is 11.1. The minimum absolute atomic E-state index is 0.328. The Labute approximate surface area is 107 Å². The molecule has 0 aliphatic heterocycles. The summed E-state index contributed by atoms with van der Waals surface area (Å²) in [4.78, 5) is 0. The molecule has 96 valence electrons. The standard InChI is InChI=1S/C14H19N3O/c1-10(2)17-9-12(8-16-17)18-14-6-4-5-11(3)13(14)7-15/h4-6,8-10H,7,15H2,1-3H3. The Morgan fingerprint density at radius 1 is 1.39 bits per heavy atom. The van der Waals surface area contributed by atoms with E-state index in [-0.39, 0.29) is 0 Å². The highest BCUT2D eigenvalue weighted by molar-refractivity contribution is 5.41. The predicted octanol–water partition coefficient (Wildman–Crippen LogP) is 3.02. The van der Waals surface area contributed by atoms with Crippen molar-refractivity contribution < 1.29 is 4.74 Å². The fourth-order valence-electron chi connectivity index (χ4n) is 1.82. The molecule has 0 spiro atoms. The second kappa shape index (κ2) is 5.23. The molecule has 0 saturated heterocycles. The van der Waals surface area contributed by atoms with E-state index in [0.717, 1.165) is 22.6 Å². The SMILES string of the molecule is Cc1cccc(Oc2cnn(C(C)C)c2)c1CN. The smallest absolute Gasteiger partial charge is 0.165 e. The molecule has 0 fully saturated rings. The monoisotopic (exact) mass is 245 g/mol. The Balaban J connectivity index is 2.25. The lowest BCUT2D eigenvalue weighted by Gasteiger charge is -2.10. The molecule has 2 aromatic rings. The molecule has 1 heterocycles. The number of rotatable bonds is 4. The second-order valence-corrected chi connectivity index (χ2v) is 4.61. The van der Waals surface area contributed by atoms with Crippen LogP contribution in [0.1, 0.15) is 31.0 Å². The normalized spacial score (nSPS) is 10.9. The van der Waals surface area contributed by atoms with Crippen LogP contribution in [0.2, 0.25) is 0 Å². The highest BCUT2D eigenvalue weighted by atomic mass is 16.5. The van der Waals surface area contributed by atoms with Gasteiger partial charge in [0.1, 0.15) is 5.75 Å². The van der Waals surface area contributed by atoms with Gasteiger partial charge in [-0.15, -0.1) is 0 Å². The molecule has 0 aliphatic carbocycles. The van der Waals surface area contributed by atoms with E-state index in [9.17, 15) is 0 Å². The Bertz CT molecular complexity index is 532. The van der Waals surface area contributed by atoms with Crippen LogP contribution in [0.25, 0.3) is 0 Å². The topological polar surface area (TPSA) is 53.1 Å². The molecule has 0 bridgehead atoms. The van der Waals surface area contributed by atoms with Gasteiger partial charge in [-0.05, 0) is 32.4 Å². The third kappa shape index (κ3) is 2.54. The summed E-state index contributed by atoms with van der Waals surface area (Å²) < 4.78 is 7.72. The van der Waals surface area contributed by atoms with Crippen molar-refractivity contribution in [2.75, 3.05) is 0 Å². The number of nitrogens with two attached hydrogens (primary N) is 1. The predicted molar refractivity (Wildman–Crippen MR) is 71.8 cm³/mol. The van der Waals surface area contributed by atoms with E-state index < -0.39 is 0 Å². The lowest BCUT2D eigenvalue weighted by molar-refractivity contribution is 0.471. The fraction of sp³-hybridized carbons (Fsp3) is 0.357. The van der Waals surface area contributed by atoms with Crippen LogP contribution in [0.5, 0.6) is 11.5 Å². The van der Waals surface area contributed by atoms with E-state index >= 15 is 0 Å². The Hall–Kier alpha value is -1.81. The summed E-state index contributed by atoms with van der Waals surface area (Å²) in [6, 6.07) is 6.26. The maximum Gasteiger partial charge on any atom is 0.165 e. The van der Waals surface area contributed by atoms with Crippen LogP contribution in [0, 0.1) is 6.92 Å². The van der Waals surface area contributed by atoms with Crippen LogP contribution in [-0.4, -0.2) is 9.78 Å². The number of aromatic nitrogens is 2. The number of ether oxygens (including phenoxy) is 1. The highest BCUT2D eigenvalue weighted by Gasteiger charge is 2.08. The van der Waals surface area contributed by atoms with Crippen LogP contribution >= 0.6 is 0 Å². The molecule has 0 atom stereocenters. The zero-order valence-corrected chi connectivity index (χ0v) is 11.1. The van der Waals surface area contributed by atoms with Gasteiger partial charge in [-0.3, -0.25) is 4.68 Å². The van der Waals surface area contributed by atoms with Crippen molar-refractivity contribution in [1.29, 1.82) is 0 Å². The Morgan fingerprint density at radius 2 is 2.17 bits per heavy atom. The maximum absolute atomic E-state index is 5.85. The van der Waals surface area contributed by atoms with E-state index in [1.807, 2.05) is 36.0 Å². The minimum atomic E-state index is 0.328. The first-order valence-corrected chi connectivity index (χ1v) is 6.12. The van der Waals surface area contributed by atoms with Crippen molar-refractivity contribution in [1.82, 2.24) is 9.78 Å². The van der Waals surface area contributed by atoms with E-state index in [4.69, 9.17) is 10.5 Å². The lowest BCUT2D eigenvalue weighted by atomic mass is 10.1. The molecule has 0 unspecified atom stereocenters. The van der Waals surface area contributed by atoms with E-state index in [0.29, 0.717) is 12.6 Å². The molecule has 1 aromatic carbocycles. The van der Waals surface area contributed by atoms with Gasteiger partial charge in [0, 0.05) is 18.2 Å². The van der Waals surface area contributed by atoms with Gasteiger partial charge in [-0.2, -0.15) is 5.10 Å². The van der Waals surface area contributed by atoms with E-state index in [1.54, 1.807) is 6.20 Å². The molecule has 4 nitrogen and oxygen atoms in total. The maximum atomic E-state index is 5.85. The lowest BCUT2D eigenvalue weighted by Crippen LogP contribution is -2.02. The number of nitrogens with zero attached hydrogens (tertiary/aromatic N) is 2. The number of hydrogen-bond acceptors (Lipinski definition) is 3. The molecule has 2 rings (SSSR count). The summed E-state index contributed by atoms with van der Waals surface area (Å²) in [7, 11) is 0. The summed E-state index contributed by atoms with van der Waals surface area (Å²) in [6.45, 7) is 6.66. The molecule has 0 saturated carbocycles. The molecule has 1 aromatic heterocycles. The van der Waals surface area contributed by atoms with Crippen LogP contribution in [-0.2, 0) is 6.54 Å². The number of aryl methyl sites for hydroxylation is 1. The molecular formula is C14H19N3O. The van der Waals surface area contributed by atoms with Crippen molar-refractivity contribution in [2.24, 2.45) is 5.73 Å². The highest BCUT2D eigenvalue weighted by Crippen LogP contribution is 2.27. The number of benzene rings is 1. The van der Waals surface area contributed by atoms with E-state index in [1.165, 1.54) is 0 Å².